The second-order valence-corrected chi connectivity index (χ2v) is 5.90. The molecule has 2 aromatic rings. The predicted octanol–water partition coefficient (Wildman–Crippen LogP) is 3.61. The van der Waals surface area contributed by atoms with Gasteiger partial charge in [0.15, 0.2) is 0 Å². The van der Waals surface area contributed by atoms with Gasteiger partial charge in [0, 0.05) is 25.8 Å². The summed E-state index contributed by atoms with van der Waals surface area (Å²) in [4.78, 5) is 6.96. The van der Waals surface area contributed by atoms with Crippen LogP contribution >= 0.6 is 0 Å². The fourth-order valence-electron chi connectivity index (χ4n) is 2.33. The van der Waals surface area contributed by atoms with E-state index in [2.05, 4.69) is 69.1 Å². The van der Waals surface area contributed by atoms with Crippen LogP contribution in [0.25, 0.3) is 0 Å². The van der Waals surface area contributed by atoms with Crippen molar-refractivity contribution < 1.29 is 0 Å². The molecule has 0 radical (unpaired) electrons. The average molecular weight is 283 g/mol. The van der Waals surface area contributed by atoms with Gasteiger partial charge in [-0.05, 0) is 41.7 Å². The molecular formula is C18H25N3. The fourth-order valence-corrected chi connectivity index (χ4v) is 2.33. The molecule has 1 aromatic heterocycles. The van der Waals surface area contributed by atoms with Crippen LogP contribution in [-0.4, -0.2) is 12.0 Å². The van der Waals surface area contributed by atoms with E-state index in [1.807, 2.05) is 0 Å². The minimum absolute atomic E-state index is 0.405. The Hall–Kier alpha value is -1.87. The van der Waals surface area contributed by atoms with Gasteiger partial charge < -0.3 is 10.6 Å². The molecule has 0 bridgehead atoms. The largest absolute Gasteiger partial charge is 0.355 e. The summed E-state index contributed by atoms with van der Waals surface area (Å²) in [7, 11) is 2.08. The van der Waals surface area contributed by atoms with Crippen LogP contribution in [0.3, 0.4) is 0 Å². The van der Waals surface area contributed by atoms with Crippen LogP contribution in [-0.2, 0) is 13.1 Å². The van der Waals surface area contributed by atoms with Crippen LogP contribution < -0.4 is 10.6 Å². The number of aromatic nitrogens is 1. The maximum absolute atomic E-state index is 5.82. The Morgan fingerprint density at radius 1 is 1.19 bits per heavy atom. The molecule has 2 N–H and O–H groups in total. The highest BCUT2D eigenvalue weighted by molar-refractivity contribution is 5.44. The van der Waals surface area contributed by atoms with Crippen molar-refractivity contribution in [2.45, 2.75) is 39.8 Å². The van der Waals surface area contributed by atoms with Crippen molar-refractivity contribution in [2.75, 3.05) is 11.9 Å². The smallest absolute Gasteiger partial charge is 0.129 e. The number of nitrogens with zero attached hydrogens (tertiary/aromatic N) is 2. The van der Waals surface area contributed by atoms with E-state index in [1.165, 1.54) is 11.1 Å². The van der Waals surface area contributed by atoms with Crippen LogP contribution in [0.5, 0.6) is 0 Å². The molecule has 0 saturated carbocycles. The Morgan fingerprint density at radius 3 is 2.52 bits per heavy atom. The van der Waals surface area contributed by atoms with Crippen LogP contribution in [0.4, 0.5) is 5.82 Å². The summed E-state index contributed by atoms with van der Waals surface area (Å²) in [6.45, 7) is 7.87. The van der Waals surface area contributed by atoms with E-state index in [-0.39, 0.29) is 0 Å². The summed E-state index contributed by atoms with van der Waals surface area (Å²) in [6, 6.07) is 12.7. The first-order valence-electron chi connectivity index (χ1n) is 7.48. The van der Waals surface area contributed by atoms with Gasteiger partial charge in [-0.25, -0.2) is 4.98 Å². The number of benzene rings is 1. The summed E-state index contributed by atoms with van der Waals surface area (Å²) >= 11 is 0. The van der Waals surface area contributed by atoms with Crippen molar-refractivity contribution >= 4 is 5.82 Å². The van der Waals surface area contributed by atoms with Crippen LogP contribution in [0.15, 0.2) is 36.4 Å². The normalized spacial score (nSPS) is 11.0. The van der Waals surface area contributed by atoms with E-state index in [0.717, 1.165) is 23.6 Å². The van der Waals surface area contributed by atoms with Crippen LogP contribution in [0, 0.1) is 6.92 Å². The van der Waals surface area contributed by atoms with Gasteiger partial charge in [0.1, 0.15) is 5.82 Å². The average Bonchev–Trinajstić information content (AvgIpc) is 2.49. The number of rotatable bonds is 5. The molecule has 3 heteroatoms. The Balaban J connectivity index is 2.28. The van der Waals surface area contributed by atoms with Gasteiger partial charge in [-0.15, -0.1) is 0 Å². The molecule has 0 saturated heterocycles. The first-order chi connectivity index (χ1) is 10.0. The lowest BCUT2D eigenvalue weighted by atomic mass is 10.1. The molecule has 0 unspecified atom stereocenters. The van der Waals surface area contributed by atoms with Gasteiger partial charge in [-0.2, -0.15) is 0 Å². The van der Waals surface area contributed by atoms with Gasteiger partial charge in [-0.3, -0.25) is 0 Å². The molecule has 0 fully saturated rings. The molecular weight excluding hydrogens is 258 g/mol. The van der Waals surface area contributed by atoms with Gasteiger partial charge >= 0.3 is 0 Å². The SMILES string of the molecule is Cc1ccccc1CN(C)c1cc(CN)cc(C(C)C)n1. The minimum Gasteiger partial charge on any atom is -0.355 e. The summed E-state index contributed by atoms with van der Waals surface area (Å²) in [5.74, 6) is 1.40. The van der Waals surface area contributed by atoms with Crippen molar-refractivity contribution in [2.24, 2.45) is 5.73 Å². The zero-order valence-corrected chi connectivity index (χ0v) is 13.4. The van der Waals surface area contributed by atoms with Crippen LogP contribution in [0.1, 0.15) is 42.1 Å². The first kappa shape index (κ1) is 15.5. The molecule has 0 aliphatic rings. The van der Waals surface area contributed by atoms with Crippen molar-refractivity contribution in [3.63, 3.8) is 0 Å². The molecule has 1 aromatic carbocycles. The van der Waals surface area contributed by atoms with E-state index in [4.69, 9.17) is 10.7 Å². The number of anilines is 1. The summed E-state index contributed by atoms with van der Waals surface area (Å²) in [6.07, 6.45) is 0. The third-order valence-electron chi connectivity index (χ3n) is 3.78. The van der Waals surface area contributed by atoms with Crippen molar-refractivity contribution in [1.82, 2.24) is 4.98 Å². The zero-order valence-electron chi connectivity index (χ0n) is 13.4. The first-order valence-corrected chi connectivity index (χ1v) is 7.48. The summed E-state index contributed by atoms with van der Waals surface area (Å²) < 4.78 is 0. The van der Waals surface area contributed by atoms with Crippen LogP contribution in [0.2, 0.25) is 0 Å². The number of pyridine rings is 1. The maximum atomic E-state index is 5.82. The van der Waals surface area contributed by atoms with E-state index in [9.17, 15) is 0 Å². The maximum Gasteiger partial charge on any atom is 0.129 e. The van der Waals surface area contributed by atoms with E-state index in [1.54, 1.807) is 0 Å². The van der Waals surface area contributed by atoms with Crippen molar-refractivity contribution in [3.05, 3.63) is 58.8 Å². The molecule has 0 atom stereocenters. The second kappa shape index (κ2) is 6.72. The summed E-state index contributed by atoms with van der Waals surface area (Å²) in [5.41, 5.74) is 10.7. The third-order valence-corrected chi connectivity index (χ3v) is 3.78. The Bertz CT molecular complexity index is 605. The van der Waals surface area contributed by atoms with Gasteiger partial charge in [0.25, 0.3) is 0 Å². The standard InChI is InChI=1S/C18H25N3/c1-13(2)17-9-15(11-19)10-18(20-17)21(4)12-16-8-6-5-7-14(16)3/h5-10,13H,11-12,19H2,1-4H3. The monoisotopic (exact) mass is 283 g/mol. The van der Waals surface area contributed by atoms with Crippen molar-refractivity contribution in [3.8, 4) is 0 Å². The van der Waals surface area contributed by atoms with Gasteiger partial charge in [0.05, 0.1) is 0 Å². The third kappa shape index (κ3) is 3.82. The van der Waals surface area contributed by atoms with E-state index < -0.39 is 0 Å². The molecule has 0 spiro atoms. The molecule has 2 rings (SSSR count). The molecule has 21 heavy (non-hydrogen) atoms. The van der Waals surface area contributed by atoms with E-state index >= 15 is 0 Å². The molecule has 0 amide bonds. The number of aryl methyl sites for hydroxylation is 1. The Kier molecular flexibility index (Phi) is 4.97. The number of nitrogens with two attached hydrogens (primary N) is 1. The Labute approximate surface area is 127 Å². The molecule has 112 valence electrons. The Morgan fingerprint density at radius 2 is 1.90 bits per heavy atom. The topological polar surface area (TPSA) is 42.1 Å². The molecule has 0 aliphatic carbocycles. The second-order valence-electron chi connectivity index (χ2n) is 5.90. The predicted molar refractivity (Wildman–Crippen MR) is 89.5 cm³/mol. The quantitative estimate of drug-likeness (QED) is 0.911. The van der Waals surface area contributed by atoms with Gasteiger partial charge in [0.2, 0.25) is 0 Å². The lowest BCUT2D eigenvalue weighted by Crippen LogP contribution is -2.19. The lowest BCUT2D eigenvalue weighted by molar-refractivity contribution is 0.799. The highest BCUT2D eigenvalue weighted by Crippen LogP contribution is 2.21. The highest BCUT2D eigenvalue weighted by Gasteiger charge is 2.10. The van der Waals surface area contributed by atoms with Crippen molar-refractivity contribution in [1.29, 1.82) is 0 Å². The minimum atomic E-state index is 0.405. The van der Waals surface area contributed by atoms with Gasteiger partial charge in [-0.1, -0.05) is 38.1 Å². The van der Waals surface area contributed by atoms with E-state index in [0.29, 0.717) is 12.5 Å². The highest BCUT2D eigenvalue weighted by atomic mass is 15.2. The number of hydrogen-bond acceptors (Lipinski definition) is 3. The number of hydrogen-bond donors (Lipinski definition) is 1. The molecule has 1 heterocycles. The summed E-state index contributed by atoms with van der Waals surface area (Å²) in [5, 5.41) is 0. The lowest BCUT2D eigenvalue weighted by Gasteiger charge is -2.21. The zero-order chi connectivity index (χ0) is 15.4. The molecule has 3 nitrogen and oxygen atoms in total. The molecule has 0 aliphatic heterocycles. The fraction of sp³-hybridized carbons (Fsp3) is 0.389.